The Kier molecular flexibility index (Phi) is 3.86. The number of amides is 1. The van der Waals surface area contributed by atoms with Crippen LogP contribution in [-0.4, -0.2) is 32.2 Å². The average molecular weight is 312 g/mol. The van der Waals surface area contributed by atoms with E-state index >= 15 is 0 Å². The zero-order valence-corrected chi connectivity index (χ0v) is 13.5. The van der Waals surface area contributed by atoms with E-state index < -0.39 is 0 Å². The van der Waals surface area contributed by atoms with Gasteiger partial charge in [0.1, 0.15) is 0 Å². The van der Waals surface area contributed by atoms with Crippen LogP contribution in [0.2, 0.25) is 0 Å². The molecule has 120 valence electrons. The van der Waals surface area contributed by atoms with E-state index in [0.717, 1.165) is 16.8 Å². The minimum atomic E-state index is -0.0521. The summed E-state index contributed by atoms with van der Waals surface area (Å²) in [5.74, 6) is 0.332. The molecule has 1 aliphatic rings. The van der Waals surface area contributed by atoms with Gasteiger partial charge in [-0.15, -0.1) is 0 Å². The van der Waals surface area contributed by atoms with Crippen LogP contribution in [-0.2, 0) is 4.79 Å². The Hall–Kier alpha value is -2.69. The highest BCUT2D eigenvalue weighted by atomic mass is 16.5. The van der Waals surface area contributed by atoms with Crippen LogP contribution in [0, 0.1) is 0 Å². The largest absolute Gasteiger partial charge is 0.504 e. The standard InChI is InChI=1S/C18H20N2O3/c1-20(2)12-6-4-11(5-7-12)13-9-18(22)19-15-10-16(21)17(23-3)8-14(13)15/h4-8,10,13,21H,9H2,1-3H3,(H,19,22). The molecule has 1 unspecified atom stereocenters. The number of nitrogens with zero attached hydrogens (tertiary/aromatic N) is 1. The molecule has 0 saturated carbocycles. The second-order valence-corrected chi connectivity index (χ2v) is 5.90. The van der Waals surface area contributed by atoms with E-state index in [4.69, 9.17) is 4.74 Å². The van der Waals surface area contributed by atoms with Gasteiger partial charge in [-0.25, -0.2) is 0 Å². The lowest BCUT2D eigenvalue weighted by atomic mass is 9.84. The van der Waals surface area contributed by atoms with Crippen LogP contribution in [0.4, 0.5) is 11.4 Å². The lowest BCUT2D eigenvalue weighted by molar-refractivity contribution is -0.116. The number of hydrogen-bond donors (Lipinski definition) is 2. The normalized spacial score (nSPS) is 16.5. The molecule has 23 heavy (non-hydrogen) atoms. The Balaban J connectivity index is 2.05. The molecular formula is C18H20N2O3. The Labute approximate surface area is 135 Å². The van der Waals surface area contributed by atoms with Crippen LogP contribution in [0.1, 0.15) is 23.5 Å². The maximum Gasteiger partial charge on any atom is 0.225 e. The molecule has 2 aromatic carbocycles. The number of rotatable bonds is 3. The summed E-state index contributed by atoms with van der Waals surface area (Å²) < 4.78 is 5.20. The van der Waals surface area contributed by atoms with Crippen LogP contribution >= 0.6 is 0 Å². The maximum atomic E-state index is 12.0. The van der Waals surface area contributed by atoms with Gasteiger partial charge in [0.2, 0.25) is 5.91 Å². The predicted octanol–water partition coefficient (Wildman–Crippen LogP) is 2.94. The smallest absolute Gasteiger partial charge is 0.225 e. The molecule has 0 bridgehead atoms. The number of nitrogens with one attached hydrogen (secondary N) is 1. The first-order valence-electron chi connectivity index (χ1n) is 7.47. The van der Waals surface area contributed by atoms with Crippen molar-refractivity contribution in [2.75, 3.05) is 31.4 Å². The van der Waals surface area contributed by atoms with Crippen molar-refractivity contribution in [1.82, 2.24) is 0 Å². The van der Waals surface area contributed by atoms with Crippen LogP contribution in [0.3, 0.4) is 0 Å². The molecule has 2 aromatic rings. The molecular weight excluding hydrogens is 292 g/mol. The van der Waals surface area contributed by atoms with Gasteiger partial charge < -0.3 is 20.1 Å². The minimum Gasteiger partial charge on any atom is -0.504 e. The number of carbonyl (C=O) groups is 1. The number of aromatic hydroxyl groups is 1. The summed E-state index contributed by atoms with van der Waals surface area (Å²) in [6, 6.07) is 11.5. The van der Waals surface area contributed by atoms with Gasteiger partial charge in [0.05, 0.1) is 7.11 Å². The first-order chi connectivity index (χ1) is 11.0. The van der Waals surface area contributed by atoms with E-state index in [1.165, 1.54) is 7.11 Å². The number of carbonyl (C=O) groups excluding carboxylic acids is 1. The number of ether oxygens (including phenoxy) is 1. The predicted molar refractivity (Wildman–Crippen MR) is 90.5 cm³/mol. The summed E-state index contributed by atoms with van der Waals surface area (Å²) in [5, 5.41) is 12.7. The SMILES string of the molecule is COc1cc2c(cc1O)NC(=O)CC2c1ccc(N(C)C)cc1. The molecule has 2 N–H and O–H groups in total. The van der Waals surface area contributed by atoms with Crippen molar-refractivity contribution < 1.29 is 14.6 Å². The summed E-state index contributed by atoms with van der Waals surface area (Å²) in [6.45, 7) is 0. The summed E-state index contributed by atoms with van der Waals surface area (Å²) in [7, 11) is 5.50. The highest BCUT2D eigenvalue weighted by Gasteiger charge is 2.28. The van der Waals surface area contributed by atoms with Crippen molar-refractivity contribution in [2.24, 2.45) is 0 Å². The maximum absolute atomic E-state index is 12.0. The molecule has 0 saturated heterocycles. The van der Waals surface area contributed by atoms with E-state index in [0.29, 0.717) is 17.9 Å². The van der Waals surface area contributed by atoms with Gasteiger partial charge in [-0.2, -0.15) is 0 Å². The number of fused-ring (bicyclic) bond motifs is 1. The average Bonchev–Trinajstić information content (AvgIpc) is 2.53. The lowest BCUT2D eigenvalue weighted by Gasteiger charge is -2.27. The second-order valence-electron chi connectivity index (χ2n) is 5.90. The van der Waals surface area contributed by atoms with Crippen molar-refractivity contribution in [1.29, 1.82) is 0 Å². The Morgan fingerprint density at radius 2 is 1.91 bits per heavy atom. The molecule has 1 heterocycles. The Bertz CT molecular complexity index is 739. The quantitative estimate of drug-likeness (QED) is 0.915. The fourth-order valence-corrected chi connectivity index (χ4v) is 2.94. The van der Waals surface area contributed by atoms with Crippen LogP contribution in [0.25, 0.3) is 0 Å². The topological polar surface area (TPSA) is 61.8 Å². The van der Waals surface area contributed by atoms with Gasteiger partial charge in [-0.3, -0.25) is 4.79 Å². The summed E-state index contributed by atoms with van der Waals surface area (Å²) in [4.78, 5) is 14.1. The first-order valence-corrected chi connectivity index (χ1v) is 7.47. The summed E-state index contributed by atoms with van der Waals surface area (Å²) in [5.41, 5.74) is 3.77. The van der Waals surface area contributed by atoms with Crippen molar-refractivity contribution in [3.63, 3.8) is 0 Å². The van der Waals surface area contributed by atoms with Gasteiger partial charge in [0.15, 0.2) is 11.5 Å². The highest BCUT2D eigenvalue weighted by molar-refractivity contribution is 5.96. The third kappa shape index (κ3) is 2.82. The Morgan fingerprint density at radius 3 is 2.52 bits per heavy atom. The molecule has 0 aliphatic carbocycles. The van der Waals surface area contributed by atoms with E-state index in [9.17, 15) is 9.90 Å². The number of benzene rings is 2. The van der Waals surface area contributed by atoms with Gasteiger partial charge in [0, 0.05) is 43.9 Å². The molecule has 0 aromatic heterocycles. The van der Waals surface area contributed by atoms with Crippen molar-refractivity contribution in [3.8, 4) is 11.5 Å². The fraction of sp³-hybridized carbons (Fsp3) is 0.278. The number of anilines is 2. The van der Waals surface area contributed by atoms with Gasteiger partial charge >= 0.3 is 0 Å². The van der Waals surface area contributed by atoms with Crippen LogP contribution < -0.4 is 15.0 Å². The molecule has 3 rings (SSSR count). The molecule has 1 amide bonds. The first kappa shape index (κ1) is 15.2. The third-order valence-electron chi connectivity index (χ3n) is 4.20. The third-order valence-corrected chi connectivity index (χ3v) is 4.20. The second kappa shape index (κ2) is 5.83. The Morgan fingerprint density at radius 1 is 1.22 bits per heavy atom. The van der Waals surface area contributed by atoms with Gasteiger partial charge in [-0.05, 0) is 29.3 Å². The minimum absolute atomic E-state index is 0.0233. The van der Waals surface area contributed by atoms with Gasteiger partial charge in [-0.1, -0.05) is 12.1 Å². The molecule has 0 radical (unpaired) electrons. The van der Waals surface area contributed by atoms with Crippen LogP contribution in [0.5, 0.6) is 11.5 Å². The molecule has 1 atom stereocenters. The van der Waals surface area contributed by atoms with Crippen molar-refractivity contribution in [2.45, 2.75) is 12.3 Å². The van der Waals surface area contributed by atoms with E-state index in [1.54, 1.807) is 12.1 Å². The van der Waals surface area contributed by atoms with Crippen LogP contribution in [0.15, 0.2) is 36.4 Å². The number of phenolic OH excluding ortho intramolecular Hbond substituents is 1. The molecule has 5 nitrogen and oxygen atoms in total. The fourth-order valence-electron chi connectivity index (χ4n) is 2.94. The number of methoxy groups -OCH3 is 1. The van der Waals surface area contributed by atoms with E-state index in [2.05, 4.69) is 5.32 Å². The highest BCUT2D eigenvalue weighted by Crippen LogP contribution is 2.42. The molecule has 5 heteroatoms. The zero-order valence-electron chi connectivity index (χ0n) is 13.5. The van der Waals surface area contributed by atoms with Gasteiger partial charge in [0.25, 0.3) is 0 Å². The van der Waals surface area contributed by atoms with E-state index in [-0.39, 0.29) is 17.6 Å². The zero-order chi connectivity index (χ0) is 16.6. The molecule has 0 spiro atoms. The number of phenols is 1. The van der Waals surface area contributed by atoms with E-state index in [1.807, 2.05) is 43.3 Å². The summed E-state index contributed by atoms with van der Waals surface area (Å²) >= 11 is 0. The van der Waals surface area contributed by atoms with Crippen molar-refractivity contribution >= 4 is 17.3 Å². The molecule has 0 fully saturated rings. The number of hydrogen-bond acceptors (Lipinski definition) is 4. The monoisotopic (exact) mass is 312 g/mol. The molecule has 1 aliphatic heterocycles. The summed E-state index contributed by atoms with van der Waals surface area (Å²) in [6.07, 6.45) is 0.377. The lowest BCUT2D eigenvalue weighted by Crippen LogP contribution is -2.23. The van der Waals surface area contributed by atoms with Crippen molar-refractivity contribution in [3.05, 3.63) is 47.5 Å².